The summed E-state index contributed by atoms with van der Waals surface area (Å²) >= 11 is 0. The van der Waals surface area contributed by atoms with E-state index in [0.29, 0.717) is 23.1 Å². The molecule has 0 aliphatic carbocycles. The van der Waals surface area contributed by atoms with Crippen molar-refractivity contribution in [3.63, 3.8) is 0 Å². The van der Waals surface area contributed by atoms with Crippen LogP contribution < -0.4 is 14.2 Å². The number of para-hydroxylation sites is 2. The molecule has 3 rings (SSSR count). The molecular weight excluding hydrogens is 348 g/mol. The summed E-state index contributed by atoms with van der Waals surface area (Å²) in [5.74, 6) is 2.27. The molecule has 0 saturated heterocycles. The molecule has 1 heterocycles. The summed E-state index contributed by atoms with van der Waals surface area (Å²) in [5.41, 5.74) is 1.63. The van der Waals surface area contributed by atoms with E-state index in [4.69, 9.17) is 14.2 Å². The third kappa shape index (κ3) is 4.32. The largest absolute Gasteiger partial charge is 0.496 e. The maximum Gasteiger partial charge on any atom is 0.138 e. The molecule has 0 aliphatic heterocycles. The summed E-state index contributed by atoms with van der Waals surface area (Å²) < 4.78 is 18.0. The molecule has 0 aliphatic rings. The van der Waals surface area contributed by atoms with E-state index in [0.717, 1.165) is 11.0 Å². The Kier molecular flexibility index (Phi) is 5.83. The lowest BCUT2D eigenvalue weighted by atomic mass is 10.3. The fourth-order valence-electron chi connectivity index (χ4n) is 2.93. The van der Waals surface area contributed by atoms with Crippen LogP contribution in [-0.4, -0.2) is 46.7 Å². The van der Waals surface area contributed by atoms with Crippen molar-refractivity contribution in [3.8, 4) is 17.2 Å². The third-order valence-electron chi connectivity index (χ3n) is 4.22. The van der Waals surface area contributed by atoms with E-state index in [1.807, 2.05) is 28.8 Å². The Bertz CT molecular complexity index is 884. The van der Waals surface area contributed by atoms with Crippen molar-refractivity contribution in [1.82, 2.24) is 9.55 Å². The van der Waals surface area contributed by atoms with E-state index in [1.165, 1.54) is 0 Å². The minimum Gasteiger partial charge on any atom is -0.496 e. The predicted octanol–water partition coefficient (Wildman–Crippen LogP) is 2.55. The van der Waals surface area contributed by atoms with E-state index in [-0.39, 0.29) is 13.2 Å². The van der Waals surface area contributed by atoms with Crippen LogP contribution in [0.2, 0.25) is 0 Å². The van der Waals surface area contributed by atoms with Crippen LogP contribution in [0.15, 0.2) is 42.5 Å². The number of imidazole rings is 1. The zero-order valence-electron chi connectivity index (χ0n) is 15.6. The van der Waals surface area contributed by atoms with Gasteiger partial charge in [0.15, 0.2) is 0 Å². The monoisotopic (exact) mass is 372 g/mol. The first-order valence-corrected chi connectivity index (χ1v) is 8.69. The normalized spacial score (nSPS) is 13.4. The van der Waals surface area contributed by atoms with E-state index >= 15 is 0 Å². The Hall–Kier alpha value is -2.77. The van der Waals surface area contributed by atoms with E-state index in [1.54, 1.807) is 39.3 Å². The molecule has 27 heavy (non-hydrogen) atoms. The van der Waals surface area contributed by atoms with Crippen molar-refractivity contribution in [2.24, 2.45) is 0 Å². The van der Waals surface area contributed by atoms with Crippen LogP contribution in [0.5, 0.6) is 17.2 Å². The SMILES string of the molecule is COc1cc(OC)cc(OC[C@@H](O)Cn2c([C@H](C)O)nc3ccccc32)c1. The minimum absolute atomic E-state index is 0.0715. The number of hydrogen-bond donors (Lipinski definition) is 2. The van der Waals surface area contributed by atoms with Gasteiger partial charge in [0.2, 0.25) is 0 Å². The average molecular weight is 372 g/mol. The van der Waals surface area contributed by atoms with Gasteiger partial charge in [-0.3, -0.25) is 0 Å². The quantitative estimate of drug-likeness (QED) is 0.632. The lowest BCUT2D eigenvalue weighted by Crippen LogP contribution is -2.25. The van der Waals surface area contributed by atoms with Crippen molar-refractivity contribution < 1.29 is 24.4 Å². The lowest BCUT2D eigenvalue weighted by Gasteiger charge is -2.17. The van der Waals surface area contributed by atoms with Crippen LogP contribution in [0.25, 0.3) is 11.0 Å². The van der Waals surface area contributed by atoms with E-state index in [9.17, 15) is 10.2 Å². The minimum atomic E-state index is -0.794. The molecule has 0 fully saturated rings. The molecular formula is C20H24N2O5. The second-order valence-electron chi connectivity index (χ2n) is 6.26. The van der Waals surface area contributed by atoms with Gasteiger partial charge in [-0.15, -0.1) is 0 Å². The van der Waals surface area contributed by atoms with Gasteiger partial charge in [-0.2, -0.15) is 0 Å². The highest BCUT2D eigenvalue weighted by molar-refractivity contribution is 5.76. The summed E-state index contributed by atoms with van der Waals surface area (Å²) in [6.45, 7) is 1.98. The second-order valence-corrected chi connectivity index (χ2v) is 6.26. The number of ether oxygens (including phenoxy) is 3. The molecule has 0 bridgehead atoms. The number of aromatic nitrogens is 2. The number of nitrogens with zero attached hydrogens (tertiary/aromatic N) is 2. The smallest absolute Gasteiger partial charge is 0.138 e. The molecule has 2 aromatic carbocycles. The van der Waals surface area contributed by atoms with Gasteiger partial charge in [0.05, 0.1) is 31.8 Å². The highest BCUT2D eigenvalue weighted by Gasteiger charge is 2.17. The summed E-state index contributed by atoms with van der Waals surface area (Å²) in [6, 6.07) is 12.8. The Labute approximate surface area is 157 Å². The molecule has 0 unspecified atom stereocenters. The van der Waals surface area contributed by atoms with Gasteiger partial charge in [-0.05, 0) is 19.1 Å². The highest BCUT2D eigenvalue weighted by Crippen LogP contribution is 2.27. The molecule has 1 aromatic heterocycles. The van der Waals surface area contributed by atoms with Gasteiger partial charge >= 0.3 is 0 Å². The zero-order valence-corrected chi connectivity index (χ0v) is 15.6. The van der Waals surface area contributed by atoms with Gasteiger partial charge < -0.3 is 29.0 Å². The number of aliphatic hydroxyl groups is 2. The van der Waals surface area contributed by atoms with Crippen molar-refractivity contribution in [2.75, 3.05) is 20.8 Å². The Balaban J connectivity index is 1.74. The van der Waals surface area contributed by atoms with Crippen LogP contribution in [0.3, 0.4) is 0 Å². The fraction of sp³-hybridized carbons (Fsp3) is 0.350. The number of aliphatic hydroxyl groups excluding tert-OH is 2. The van der Waals surface area contributed by atoms with Crippen LogP contribution in [-0.2, 0) is 6.54 Å². The number of fused-ring (bicyclic) bond motifs is 1. The lowest BCUT2D eigenvalue weighted by molar-refractivity contribution is 0.0892. The van der Waals surface area contributed by atoms with Crippen molar-refractivity contribution >= 4 is 11.0 Å². The molecule has 3 aromatic rings. The molecule has 7 heteroatoms. The Morgan fingerprint density at radius 3 is 2.26 bits per heavy atom. The van der Waals surface area contributed by atoms with E-state index in [2.05, 4.69) is 4.98 Å². The maximum atomic E-state index is 10.5. The van der Waals surface area contributed by atoms with Crippen molar-refractivity contribution in [3.05, 3.63) is 48.3 Å². The fourth-order valence-corrected chi connectivity index (χ4v) is 2.93. The van der Waals surface area contributed by atoms with Gasteiger partial charge in [-0.1, -0.05) is 12.1 Å². The Morgan fingerprint density at radius 2 is 1.63 bits per heavy atom. The average Bonchev–Trinajstić information content (AvgIpc) is 3.05. The molecule has 7 nitrogen and oxygen atoms in total. The number of methoxy groups -OCH3 is 2. The van der Waals surface area contributed by atoms with Gasteiger partial charge in [0, 0.05) is 18.2 Å². The molecule has 2 atom stereocenters. The maximum absolute atomic E-state index is 10.5. The summed E-state index contributed by atoms with van der Waals surface area (Å²) in [4.78, 5) is 4.46. The first-order valence-electron chi connectivity index (χ1n) is 8.69. The predicted molar refractivity (Wildman–Crippen MR) is 101 cm³/mol. The standard InChI is InChI=1S/C20H24N2O5/c1-13(23)20-21-18-6-4-5-7-19(18)22(20)11-14(24)12-27-17-9-15(25-2)8-16(10-17)26-3/h4-10,13-14,23-24H,11-12H2,1-3H3/t13-,14-/m0/s1. The zero-order chi connectivity index (χ0) is 19.4. The van der Waals surface area contributed by atoms with Crippen LogP contribution in [0.1, 0.15) is 18.9 Å². The van der Waals surface area contributed by atoms with Crippen molar-refractivity contribution in [1.29, 1.82) is 0 Å². The summed E-state index contributed by atoms with van der Waals surface area (Å²) in [7, 11) is 3.13. The molecule has 0 saturated carbocycles. The second kappa shape index (κ2) is 8.28. The Morgan fingerprint density at radius 1 is 1.00 bits per heavy atom. The van der Waals surface area contributed by atoms with Crippen LogP contribution in [0.4, 0.5) is 0 Å². The topological polar surface area (TPSA) is 86.0 Å². The molecule has 144 valence electrons. The van der Waals surface area contributed by atoms with Gasteiger partial charge in [0.25, 0.3) is 0 Å². The first kappa shape index (κ1) is 19.0. The number of benzene rings is 2. The summed E-state index contributed by atoms with van der Waals surface area (Å²) in [6.07, 6.45) is -1.54. The molecule has 0 radical (unpaired) electrons. The van der Waals surface area contributed by atoms with Crippen LogP contribution in [0, 0.1) is 0 Å². The third-order valence-corrected chi connectivity index (χ3v) is 4.22. The van der Waals surface area contributed by atoms with E-state index < -0.39 is 12.2 Å². The van der Waals surface area contributed by atoms with Crippen molar-refractivity contribution in [2.45, 2.75) is 25.7 Å². The highest BCUT2D eigenvalue weighted by atomic mass is 16.5. The molecule has 2 N–H and O–H groups in total. The van der Waals surface area contributed by atoms with Gasteiger partial charge in [0.1, 0.15) is 41.9 Å². The number of rotatable bonds is 8. The van der Waals surface area contributed by atoms with Gasteiger partial charge in [-0.25, -0.2) is 4.98 Å². The molecule has 0 spiro atoms. The molecule has 0 amide bonds. The first-order chi connectivity index (χ1) is 13.0. The summed E-state index contributed by atoms with van der Waals surface area (Å²) in [5, 5.41) is 20.5. The number of hydrogen-bond acceptors (Lipinski definition) is 6. The van der Waals surface area contributed by atoms with Crippen LogP contribution >= 0.6 is 0 Å².